The SMILES string of the molecule is Cc1oncc1-c1nnc(CNC2CC2)o1. The molecule has 0 radical (unpaired) electrons. The molecule has 16 heavy (non-hydrogen) atoms. The molecule has 3 rings (SSSR count). The molecule has 1 aliphatic carbocycles. The highest BCUT2D eigenvalue weighted by Crippen LogP contribution is 2.22. The van der Waals surface area contributed by atoms with E-state index in [2.05, 4.69) is 20.7 Å². The van der Waals surface area contributed by atoms with Crippen LogP contribution in [0.5, 0.6) is 0 Å². The lowest BCUT2D eigenvalue weighted by Gasteiger charge is -1.95. The molecule has 0 aromatic carbocycles. The highest BCUT2D eigenvalue weighted by atomic mass is 16.5. The maximum Gasteiger partial charge on any atom is 0.253 e. The molecule has 0 atom stereocenters. The summed E-state index contributed by atoms with van der Waals surface area (Å²) >= 11 is 0. The van der Waals surface area contributed by atoms with Crippen LogP contribution in [-0.2, 0) is 6.54 Å². The minimum absolute atomic E-state index is 0.464. The molecule has 0 unspecified atom stereocenters. The fourth-order valence-electron chi connectivity index (χ4n) is 1.46. The summed E-state index contributed by atoms with van der Waals surface area (Å²) in [6.45, 7) is 2.44. The first-order valence-electron chi connectivity index (χ1n) is 5.30. The number of hydrogen-bond donors (Lipinski definition) is 1. The molecular formula is C10H12N4O2. The Hall–Kier alpha value is -1.69. The Kier molecular flexibility index (Phi) is 2.21. The number of nitrogens with one attached hydrogen (secondary N) is 1. The number of nitrogens with zero attached hydrogens (tertiary/aromatic N) is 3. The molecule has 2 aromatic rings. The van der Waals surface area contributed by atoms with E-state index in [9.17, 15) is 0 Å². The summed E-state index contributed by atoms with van der Waals surface area (Å²) in [6.07, 6.45) is 4.07. The predicted molar refractivity (Wildman–Crippen MR) is 54.4 cm³/mol. The molecule has 1 N–H and O–H groups in total. The zero-order valence-electron chi connectivity index (χ0n) is 8.93. The van der Waals surface area contributed by atoms with Crippen LogP contribution < -0.4 is 5.32 Å². The minimum Gasteiger partial charge on any atom is -0.419 e. The average Bonchev–Trinajstić information content (AvgIpc) is 2.82. The highest BCUT2D eigenvalue weighted by Gasteiger charge is 2.21. The average molecular weight is 220 g/mol. The maximum absolute atomic E-state index is 5.50. The minimum atomic E-state index is 0.464. The van der Waals surface area contributed by atoms with Crippen molar-refractivity contribution in [1.29, 1.82) is 0 Å². The predicted octanol–water partition coefficient (Wildman–Crippen LogP) is 1.29. The lowest BCUT2D eigenvalue weighted by Crippen LogP contribution is -2.15. The molecule has 0 amide bonds. The quantitative estimate of drug-likeness (QED) is 0.836. The molecule has 6 heteroatoms. The molecule has 84 valence electrons. The first kappa shape index (κ1) is 9.53. The van der Waals surface area contributed by atoms with E-state index in [1.54, 1.807) is 6.20 Å². The normalized spacial score (nSPS) is 15.6. The van der Waals surface area contributed by atoms with Crippen molar-refractivity contribution in [3.05, 3.63) is 17.8 Å². The zero-order valence-corrected chi connectivity index (χ0v) is 8.93. The molecule has 0 spiro atoms. The molecule has 0 bridgehead atoms. The molecular weight excluding hydrogens is 208 g/mol. The smallest absolute Gasteiger partial charge is 0.253 e. The third-order valence-electron chi connectivity index (χ3n) is 2.57. The second-order valence-electron chi connectivity index (χ2n) is 3.95. The Balaban J connectivity index is 1.74. The van der Waals surface area contributed by atoms with Crippen LogP contribution in [-0.4, -0.2) is 21.4 Å². The third kappa shape index (κ3) is 1.83. The van der Waals surface area contributed by atoms with Gasteiger partial charge >= 0.3 is 0 Å². The topological polar surface area (TPSA) is 77.0 Å². The van der Waals surface area contributed by atoms with Crippen LogP contribution in [0.25, 0.3) is 11.5 Å². The van der Waals surface area contributed by atoms with Crippen LogP contribution in [0.4, 0.5) is 0 Å². The summed E-state index contributed by atoms with van der Waals surface area (Å²) in [5.41, 5.74) is 0.755. The van der Waals surface area contributed by atoms with Gasteiger partial charge in [-0.2, -0.15) is 0 Å². The van der Waals surface area contributed by atoms with Crippen LogP contribution in [0.15, 0.2) is 15.1 Å². The van der Waals surface area contributed by atoms with E-state index < -0.39 is 0 Å². The number of rotatable bonds is 4. The Morgan fingerprint density at radius 3 is 3.00 bits per heavy atom. The standard InChI is InChI=1S/C10H12N4O2/c1-6-8(4-12-16-6)10-14-13-9(15-10)5-11-7-2-3-7/h4,7,11H,2-3,5H2,1H3. The summed E-state index contributed by atoms with van der Waals surface area (Å²) < 4.78 is 10.4. The van der Waals surface area contributed by atoms with E-state index in [4.69, 9.17) is 8.94 Å². The van der Waals surface area contributed by atoms with Crippen LogP contribution in [0, 0.1) is 6.92 Å². The number of aromatic nitrogens is 3. The highest BCUT2D eigenvalue weighted by molar-refractivity contribution is 5.52. The molecule has 1 aliphatic rings. The molecule has 1 fully saturated rings. The molecule has 0 aliphatic heterocycles. The first-order chi connectivity index (χ1) is 7.83. The fourth-order valence-corrected chi connectivity index (χ4v) is 1.46. The van der Waals surface area contributed by atoms with Gasteiger partial charge in [-0.1, -0.05) is 5.16 Å². The van der Waals surface area contributed by atoms with Gasteiger partial charge in [0.1, 0.15) is 11.3 Å². The van der Waals surface area contributed by atoms with Gasteiger partial charge < -0.3 is 14.3 Å². The van der Waals surface area contributed by atoms with Crippen molar-refractivity contribution >= 4 is 0 Å². The van der Waals surface area contributed by atoms with Crippen molar-refractivity contribution in [3.8, 4) is 11.5 Å². The lowest BCUT2D eigenvalue weighted by molar-refractivity contribution is 0.397. The van der Waals surface area contributed by atoms with Gasteiger partial charge in [0, 0.05) is 6.04 Å². The van der Waals surface area contributed by atoms with Crippen molar-refractivity contribution in [2.45, 2.75) is 32.4 Å². The monoisotopic (exact) mass is 220 g/mol. The summed E-state index contributed by atoms with van der Waals surface area (Å²) in [4.78, 5) is 0. The summed E-state index contributed by atoms with van der Waals surface area (Å²) in [5.74, 6) is 1.75. The second kappa shape index (κ2) is 3.71. The molecule has 2 aromatic heterocycles. The van der Waals surface area contributed by atoms with Gasteiger partial charge in [0.05, 0.1) is 12.7 Å². The first-order valence-corrected chi connectivity index (χ1v) is 5.30. The van der Waals surface area contributed by atoms with Crippen molar-refractivity contribution in [2.75, 3.05) is 0 Å². The molecule has 0 saturated heterocycles. The Bertz CT molecular complexity index is 486. The van der Waals surface area contributed by atoms with Crippen molar-refractivity contribution < 1.29 is 8.94 Å². The van der Waals surface area contributed by atoms with Gasteiger partial charge in [-0.05, 0) is 19.8 Å². The number of aryl methyl sites for hydroxylation is 1. The second-order valence-corrected chi connectivity index (χ2v) is 3.95. The van der Waals surface area contributed by atoms with Crippen molar-refractivity contribution in [1.82, 2.24) is 20.7 Å². The molecule has 2 heterocycles. The maximum atomic E-state index is 5.50. The van der Waals surface area contributed by atoms with Gasteiger partial charge in [-0.15, -0.1) is 10.2 Å². The van der Waals surface area contributed by atoms with E-state index in [0.717, 1.165) is 5.56 Å². The van der Waals surface area contributed by atoms with Gasteiger partial charge in [0.15, 0.2) is 0 Å². The van der Waals surface area contributed by atoms with E-state index in [0.29, 0.717) is 30.1 Å². The van der Waals surface area contributed by atoms with E-state index in [-0.39, 0.29) is 0 Å². The lowest BCUT2D eigenvalue weighted by atomic mass is 10.3. The van der Waals surface area contributed by atoms with Gasteiger partial charge in [-0.3, -0.25) is 0 Å². The van der Waals surface area contributed by atoms with Gasteiger partial charge in [0.2, 0.25) is 5.89 Å². The van der Waals surface area contributed by atoms with E-state index in [1.165, 1.54) is 12.8 Å². The van der Waals surface area contributed by atoms with E-state index in [1.807, 2.05) is 6.92 Å². The van der Waals surface area contributed by atoms with Crippen molar-refractivity contribution in [3.63, 3.8) is 0 Å². The number of hydrogen-bond acceptors (Lipinski definition) is 6. The zero-order chi connectivity index (χ0) is 11.0. The molecule has 1 saturated carbocycles. The van der Waals surface area contributed by atoms with Crippen LogP contribution in [0.2, 0.25) is 0 Å². The Morgan fingerprint density at radius 1 is 1.44 bits per heavy atom. The summed E-state index contributed by atoms with van der Waals surface area (Å²) in [6, 6.07) is 0.632. The fraction of sp³-hybridized carbons (Fsp3) is 0.500. The summed E-state index contributed by atoms with van der Waals surface area (Å²) in [5, 5.41) is 14.9. The van der Waals surface area contributed by atoms with E-state index >= 15 is 0 Å². The van der Waals surface area contributed by atoms with Crippen LogP contribution in [0.1, 0.15) is 24.5 Å². The molecule has 6 nitrogen and oxygen atoms in total. The largest absolute Gasteiger partial charge is 0.419 e. The third-order valence-corrected chi connectivity index (χ3v) is 2.57. The van der Waals surface area contributed by atoms with Crippen LogP contribution >= 0.6 is 0 Å². The van der Waals surface area contributed by atoms with Gasteiger partial charge in [-0.25, -0.2) is 0 Å². The summed E-state index contributed by atoms with van der Waals surface area (Å²) in [7, 11) is 0. The van der Waals surface area contributed by atoms with Crippen molar-refractivity contribution in [2.24, 2.45) is 0 Å². The van der Waals surface area contributed by atoms with Gasteiger partial charge in [0.25, 0.3) is 5.89 Å². The Morgan fingerprint density at radius 2 is 2.31 bits per heavy atom. The Labute approximate surface area is 92.0 Å². The van der Waals surface area contributed by atoms with Crippen LogP contribution in [0.3, 0.4) is 0 Å².